The highest BCUT2D eigenvalue weighted by Crippen LogP contribution is 2.34. The minimum Gasteiger partial charge on any atom is -0.392 e. The fourth-order valence-corrected chi connectivity index (χ4v) is 2.96. The molecule has 3 N–H and O–H groups in total. The summed E-state index contributed by atoms with van der Waals surface area (Å²) in [7, 11) is 0. The van der Waals surface area contributed by atoms with E-state index in [0.29, 0.717) is 16.9 Å². The second kappa shape index (κ2) is 8.03. The molecular formula is C20H14F3N6O2. The Balaban J connectivity index is 1.47. The van der Waals surface area contributed by atoms with Crippen molar-refractivity contribution in [2.24, 2.45) is 0 Å². The molecule has 31 heavy (non-hydrogen) atoms. The van der Waals surface area contributed by atoms with Crippen LogP contribution in [0.25, 0.3) is 16.9 Å². The number of fused-ring (bicyclic) bond motifs is 1. The molecule has 2 aromatic carbocycles. The van der Waals surface area contributed by atoms with Gasteiger partial charge in [0.05, 0.1) is 12.2 Å². The maximum atomic E-state index is 13.1. The number of nitrogens with zero attached hydrogens (tertiary/aromatic N) is 4. The summed E-state index contributed by atoms with van der Waals surface area (Å²) in [4.78, 5) is 24.3. The molecule has 0 saturated carbocycles. The Morgan fingerprint density at radius 2 is 1.77 bits per heavy atom. The second-order valence-electron chi connectivity index (χ2n) is 6.43. The maximum absolute atomic E-state index is 13.1. The van der Waals surface area contributed by atoms with Crippen molar-refractivity contribution in [2.75, 3.05) is 10.6 Å². The van der Waals surface area contributed by atoms with Gasteiger partial charge in [0.1, 0.15) is 24.4 Å². The highest BCUT2D eigenvalue weighted by molar-refractivity contribution is 5.99. The topological polar surface area (TPSA) is 105 Å². The van der Waals surface area contributed by atoms with Gasteiger partial charge in [-0.1, -0.05) is 6.07 Å². The average molecular weight is 427 g/mol. The van der Waals surface area contributed by atoms with Crippen LogP contribution in [0.15, 0.2) is 55.1 Å². The van der Waals surface area contributed by atoms with Crippen LogP contribution >= 0.6 is 0 Å². The summed E-state index contributed by atoms with van der Waals surface area (Å²) < 4.78 is 41.0. The molecule has 0 aliphatic carbocycles. The predicted molar refractivity (Wildman–Crippen MR) is 106 cm³/mol. The number of aromatic nitrogens is 4. The molecule has 0 aliphatic heterocycles. The molecule has 11 heteroatoms. The molecule has 2 heterocycles. The number of anilines is 2. The molecule has 157 valence electrons. The fourth-order valence-electron chi connectivity index (χ4n) is 2.96. The van der Waals surface area contributed by atoms with Gasteiger partial charge in [0.25, 0.3) is 0 Å². The van der Waals surface area contributed by atoms with E-state index in [0.717, 1.165) is 17.8 Å². The van der Waals surface area contributed by atoms with E-state index in [1.807, 2.05) is 0 Å². The van der Waals surface area contributed by atoms with Crippen molar-refractivity contribution in [3.63, 3.8) is 0 Å². The van der Waals surface area contributed by atoms with Crippen LogP contribution in [0.1, 0.15) is 11.1 Å². The van der Waals surface area contributed by atoms with Crippen LogP contribution in [0.4, 0.5) is 29.3 Å². The molecule has 0 spiro atoms. The Kier molecular flexibility index (Phi) is 5.26. The number of nitrogens with one attached hydrogen (secondary N) is 2. The molecule has 0 atom stereocenters. The molecule has 4 rings (SSSR count). The van der Waals surface area contributed by atoms with E-state index in [4.69, 9.17) is 5.11 Å². The van der Waals surface area contributed by atoms with Crippen LogP contribution in [0.5, 0.6) is 0 Å². The number of aliphatic hydroxyl groups excluding tert-OH is 1. The number of aliphatic hydroxyl groups is 1. The minimum absolute atomic E-state index is 0.0561. The van der Waals surface area contributed by atoms with E-state index in [2.05, 4.69) is 31.8 Å². The molecule has 2 aromatic heterocycles. The van der Waals surface area contributed by atoms with E-state index in [9.17, 15) is 18.0 Å². The molecule has 0 fully saturated rings. The summed E-state index contributed by atoms with van der Waals surface area (Å²) in [6.45, 7) is -0.760. The number of alkyl halides is 3. The van der Waals surface area contributed by atoms with Gasteiger partial charge in [0.2, 0.25) is 0 Å². The van der Waals surface area contributed by atoms with Gasteiger partial charge in [-0.25, -0.2) is 19.7 Å². The van der Waals surface area contributed by atoms with Crippen LogP contribution in [0.3, 0.4) is 0 Å². The van der Waals surface area contributed by atoms with Crippen molar-refractivity contribution >= 4 is 28.6 Å². The molecular weight excluding hydrogens is 413 g/mol. The molecule has 0 bridgehead atoms. The lowest BCUT2D eigenvalue weighted by Gasteiger charge is -2.14. The highest BCUT2D eigenvalue weighted by Gasteiger charge is 2.33. The van der Waals surface area contributed by atoms with Gasteiger partial charge < -0.3 is 15.7 Å². The lowest BCUT2D eigenvalue weighted by atomic mass is 10.1. The largest absolute Gasteiger partial charge is 0.416 e. The van der Waals surface area contributed by atoms with Gasteiger partial charge in [0, 0.05) is 17.1 Å². The van der Waals surface area contributed by atoms with Crippen LogP contribution in [0.2, 0.25) is 0 Å². The monoisotopic (exact) mass is 427 g/mol. The second-order valence-corrected chi connectivity index (χ2v) is 6.43. The third-order valence-electron chi connectivity index (χ3n) is 4.40. The third kappa shape index (κ3) is 4.31. The zero-order valence-corrected chi connectivity index (χ0v) is 15.7. The van der Waals surface area contributed by atoms with Crippen molar-refractivity contribution in [1.29, 1.82) is 0 Å². The average Bonchev–Trinajstić information content (AvgIpc) is 3.18. The quantitative estimate of drug-likeness (QED) is 0.460. The van der Waals surface area contributed by atoms with E-state index in [-0.39, 0.29) is 11.3 Å². The van der Waals surface area contributed by atoms with E-state index < -0.39 is 24.4 Å². The highest BCUT2D eigenvalue weighted by atomic mass is 19.4. The third-order valence-corrected chi connectivity index (χ3v) is 4.40. The number of halogens is 3. The summed E-state index contributed by atoms with van der Waals surface area (Å²) >= 11 is 0. The molecule has 4 aromatic rings. The van der Waals surface area contributed by atoms with Crippen LogP contribution in [0, 0.1) is 6.20 Å². The zero-order valence-electron chi connectivity index (χ0n) is 15.7. The normalized spacial score (nSPS) is 11.5. The molecule has 0 saturated heterocycles. The number of carbonyl (C=O) groups excluding carboxylic acids is 1. The number of hydrogen-bond donors (Lipinski definition) is 3. The first kappa shape index (κ1) is 20.3. The number of carbonyl (C=O) groups is 1. The number of rotatable bonds is 4. The summed E-state index contributed by atoms with van der Waals surface area (Å²) in [5.74, 6) is 0. The van der Waals surface area contributed by atoms with Crippen molar-refractivity contribution in [3.05, 3.63) is 72.4 Å². The number of benzene rings is 2. The summed E-state index contributed by atoms with van der Waals surface area (Å²) in [5, 5.41) is 14.0. The standard InChI is InChI=1S/C20H14F3N6O2/c21-20(22,23)16-7-14(2-1-12(16)9-30)28-19(31)27-13-3-5-15(6-4-13)29-11-26-17-8-24-10-25-18(17)29/h1-7,10-11,30H,9H2,(H2,27,28,31). The first-order valence-electron chi connectivity index (χ1n) is 8.90. The van der Waals surface area contributed by atoms with Crippen LogP contribution in [-0.4, -0.2) is 30.7 Å². The van der Waals surface area contributed by atoms with Crippen LogP contribution < -0.4 is 10.6 Å². The summed E-state index contributed by atoms with van der Waals surface area (Å²) in [6, 6.07) is 9.15. The Hall–Kier alpha value is -3.99. The Labute approximate surface area is 173 Å². The van der Waals surface area contributed by atoms with Crippen molar-refractivity contribution in [2.45, 2.75) is 12.8 Å². The minimum atomic E-state index is -4.65. The first-order chi connectivity index (χ1) is 14.8. The van der Waals surface area contributed by atoms with Crippen LogP contribution in [-0.2, 0) is 12.8 Å². The predicted octanol–water partition coefficient (Wildman–Crippen LogP) is 3.77. The summed E-state index contributed by atoms with van der Waals surface area (Å²) in [6.07, 6.45) is 1.01. The van der Waals surface area contributed by atoms with Gasteiger partial charge in [-0.15, -0.1) is 0 Å². The first-order valence-corrected chi connectivity index (χ1v) is 8.90. The molecule has 8 nitrogen and oxygen atoms in total. The van der Waals surface area contributed by atoms with Gasteiger partial charge in [-0.05, 0) is 42.0 Å². The lowest BCUT2D eigenvalue weighted by molar-refractivity contribution is -0.138. The van der Waals surface area contributed by atoms with Gasteiger partial charge in [-0.2, -0.15) is 13.2 Å². The van der Waals surface area contributed by atoms with E-state index in [1.54, 1.807) is 35.2 Å². The molecule has 1 radical (unpaired) electrons. The Morgan fingerprint density at radius 3 is 2.48 bits per heavy atom. The van der Waals surface area contributed by atoms with E-state index in [1.165, 1.54) is 12.4 Å². The maximum Gasteiger partial charge on any atom is 0.416 e. The smallest absolute Gasteiger partial charge is 0.392 e. The van der Waals surface area contributed by atoms with Crippen molar-refractivity contribution < 1.29 is 23.1 Å². The Morgan fingerprint density at radius 1 is 1.06 bits per heavy atom. The fraction of sp³-hybridized carbons (Fsp3) is 0.100. The van der Waals surface area contributed by atoms with Gasteiger partial charge >= 0.3 is 12.2 Å². The molecule has 0 unspecified atom stereocenters. The van der Waals surface area contributed by atoms with Crippen molar-refractivity contribution in [3.8, 4) is 5.69 Å². The number of urea groups is 1. The number of amides is 2. The van der Waals surface area contributed by atoms with Gasteiger partial charge in [0.15, 0.2) is 5.65 Å². The zero-order chi connectivity index (χ0) is 22.0. The number of hydrogen-bond acceptors (Lipinski definition) is 5. The van der Waals surface area contributed by atoms with Gasteiger partial charge in [-0.3, -0.25) is 4.57 Å². The number of imidazole rings is 1. The molecule has 2 amide bonds. The SMILES string of the molecule is O=C(Nc1ccc(-n2cnc3[c]ncnc32)cc1)Nc1ccc(CO)c(C(F)(F)F)c1. The Bertz CT molecular complexity index is 1240. The van der Waals surface area contributed by atoms with E-state index >= 15 is 0 Å². The summed E-state index contributed by atoms with van der Waals surface area (Å²) in [5.41, 5.74) is 0.897. The van der Waals surface area contributed by atoms with Crippen molar-refractivity contribution in [1.82, 2.24) is 19.5 Å². The lowest BCUT2D eigenvalue weighted by Crippen LogP contribution is -2.20. The molecule has 0 aliphatic rings.